The van der Waals surface area contributed by atoms with Gasteiger partial charge in [-0.1, -0.05) is 72.3 Å². The van der Waals surface area contributed by atoms with Gasteiger partial charge in [-0.3, -0.25) is 9.59 Å². The van der Waals surface area contributed by atoms with Crippen LogP contribution in [0.4, 0.5) is 5.69 Å². The maximum absolute atomic E-state index is 12.5. The first-order valence-electron chi connectivity index (χ1n) is 11.6. The summed E-state index contributed by atoms with van der Waals surface area (Å²) >= 11 is 0. The van der Waals surface area contributed by atoms with E-state index in [9.17, 15) is 14.4 Å². The highest BCUT2D eigenvalue weighted by Crippen LogP contribution is 2.36. The van der Waals surface area contributed by atoms with Crippen LogP contribution in [0.1, 0.15) is 88.9 Å². The van der Waals surface area contributed by atoms with E-state index >= 15 is 0 Å². The Morgan fingerprint density at radius 3 is 2.23 bits per heavy atom. The normalized spacial score (nSPS) is 18.2. The summed E-state index contributed by atoms with van der Waals surface area (Å²) in [4.78, 5) is 37.1. The molecule has 0 saturated heterocycles. The number of rotatable bonds is 12. The monoisotopic (exact) mass is 427 g/mol. The van der Waals surface area contributed by atoms with Crippen molar-refractivity contribution in [3.8, 4) is 0 Å². The first kappa shape index (κ1) is 24.8. The number of hydrogen-bond donors (Lipinski definition) is 1. The summed E-state index contributed by atoms with van der Waals surface area (Å²) in [6.45, 7) is 10.2. The first-order valence-corrected chi connectivity index (χ1v) is 11.6. The van der Waals surface area contributed by atoms with Gasteiger partial charge in [0.1, 0.15) is 6.04 Å². The zero-order valence-corrected chi connectivity index (χ0v) is 19.3. The maximum Gasteiger partial charge on any atom is 0.338 e. The molecule has 0 bridgehead atoms. The van der Waals surface area contributed by atoms with Crippen molar-refractivity contribution in [2.45, 2.75) is 84.6 Å². The minimum atomic E-state index is -0.916. The molecule has 1 N–H and O–H groups in total. The van der Waals surface area contributed by atoms with E-state index in [4.69, 9.17) is 4.74 Å². The highest BCUT2D eigenvalue weighted by Gasteiger charge is 2.42. The highest BCUT2D eigenvalue weighted by atomic mass is 16.5. The standard InChI is InChI=1S/C26H37NO4/c1-5-6-7-8-9-10-11-12-17-31-25(30)20-13-15-21(16-14-20)27-23-22(28)18-26(3,4)19(2)24(23)29/h13-16,23,27H,2,5-12,17-18H2,1,3-4H3. The molecule has 0 spiro atoms. The lowest BCUT2D eigenvalue weighted by Gasteiger charge is -2.34. The fourth-order valence-electron chi connectivity index (χ4n) is 3.80. The number of unbranched alkanes of at least 4 members (excludes halogenated alkanes) is 7. The lowest BCUT2D eigenvalue weighted by molar-refractivity contribution is -0.130. The third kappa shape index (κ3) is 7.34. The smallest absolute Gasteiger partial charge is 0.338 e. The average Bonchev–Trinajstić information content (AvgIpc) is 2.74. The lowest BCUT2D eigenvalue weighted by Crippen LogP contribution is -2.47. The van der Waals surface area contributed by atoms with E-state index < -0.39 is 11.5 Å². The van der Waals surface area contributed by atoms with Gasteiger partial charge in [-0.15, -0.1) is 0 Å². The fourth-order valence-corrected chi connectivity index (χ4v) is 3.80. The number of carbonyl (C=O) groups is 3. The van der Waals surface area contributed by atoms with E-state index in [1.165, 1.54) is 38.5 Å². The Kier molecular flexibility index (Phi) is 9.47. The summed E-state index contributed by atoms with van der Waals surface area (Å²) in [5.74, 6) is -0.763. The molecule has 0 heterocycles. The number of nitrogens with one attached hydrogen (secondary N) is 1. The second-order valence-corrected chi connectivity index (χ2v) is 9.14. The number of ketones is 2. The molecule has 1 fully saturated rings. The number of anilines is 1. The van der Waals surface area contributed by atoms with Crippen LogP contribution in [0.25, 0.3) is 0 Å². The van der Waals surface area contributed by atoms with Crippen LogP contribution in [-0.2, 0) is 14.3 Å². The van der Waals surface area contributed by atoms with E-state index in [0.717, 1.165) is 12.8 Å². The van der Waals surface area contributed by atoms with Crippen LogP contribution in [0.2, 0.25) is 0 Å². The molecule has 0 radical (unpaired) electrons. The van der Waals surface area contributed by atoms with Crippen molar-refractivity contribution >= 4 is 23.2 Å². The minimum Gasteiger partial charge on any atom is -0.462 e. The van der Waals surface area contributed by atoms with Gasteiger partial charge < -0.3 is 10.1 Å². The van der Waals surface area contributed by atoms with E-state index in [1.807, 2.05) is 13.8 Å². The maximum atomic E-state index is 12.5. The van der Waals surface area contributed by atoms with E-state index in [0.29, 0.717) is 23.4 Å². The number of benzene rings is 1. The molecule has 1 unspecified atom stereocenters. The predicted octanol–water partition coefficient (Wildman–Crippen LogP) is 5.89. The molecule has 0 amide bonds. The number of esters is 1. The third-order valence-electron chi connectivity index (χ3n) is 5.98. The third-order valence-corrected chi connectivity index (χ3v) is 5.98. The molecule has 2 rings (SSSR count). The van der Waals surface area contributed by atoms with Crippen molar-refractivity contribution < 1.29 is 19.1 Å². The minimum absolute atomic E-state index is 0.142. The van der Waals surface area contributed by atoms with Crippen molar-refractivity contribution in [3.05, 3.63) is 42.0 Å². The van der Waals surface area contributed by atoms with Gasteiger partial charge in [0.15, 0.2) is 11.6 Å². The second kappa shape index (κ2) is 11.8. The summed E-state index contributed by atoms with van der Waals surface area (Å²) in [6, 6.07) is 5.76. The summed E-state index contributed by atoms with van der Waals surface area (Å²) in [5, 5.41) is 2.99. The molecular formula is C26H37NO4. The van der Waals surface area contributed by atoms with Crippen LogP contribution in [0.5, 0.6) is 0 Å². The average molecular weight is 428 g/mol. The zero-order valence-electron chi connectivity index (χ0n) is 19.3. The molecule has 1 saturated carbocycles. The van der Waals surface area contributed by atoms with E-state index in [2.05, 4.69) is 18.8 Å². The number of carbonyl (C=O) groups excluding carboxylic acids is 3. The lowest BCUT2D eigenvalue weighted by atomic mass is 9.71. The molecule has 5 nitrogen and oxygen atoms in total. The molecule has 170 valence electrons. The van der Waals surface area contributed by atoms with Gasteiger partial charge in [0.25, 0.3) is 0 Å². The molecule has 1 aliphatic carbocycles. The number of ether oxygens (including phenoxy) is 1. The summed E-state index contributed by atoms with van der Waals surface area (Å²) < 4.78 is 5.35. The Balaban J connectivity index is 1.75. The van der Waals surface area contributed by atoms with Crippen molar-refractivity contribution in [1.29, 1.82) is 0 Å². The van der Waals surface area contributed by atoms with Crippen LogP contribution >= 0.6 is 0 Å². The van der Waals surface area contributed by atoms with Crippen molar-refractivity contribution in [2.24, 2.45) is 5.41 Å². The predicted molar refractivity (Wildman–Crippen MR) is 124 cm³/mol. The second-order valence-electron chi connectivity index (χ2n) is 9.14. The summed E-state index contributed by atoms with van der Waals surface area (Å²) in [5.41, 5.74) is 1.02. The van der Waals surface area contributed by atoms with Crippen molar-refractivity contribution in [2.75, 3.05) is 11.9 Å². The van der Waals surface area contributed by atoms with Gasteiger partial charge in [-0.25, -0.2) is 4.79 Å². The molecule has 0 aliphatic heterocycles. The van der Waals surface area contributed by atoms with Gasteiger partial charge in [-0.2, -0.15) is 0 Å². The molecule has 0 aromatic heterocycles. The summed E-state index contributed by atoms with van der Waals surface area (Å²) in [6.07, 6.45) is 9.84. The van der Waals surface area contributed by atoms with Gasteiger partial charge in [0.2, 0.25) is 0 Å². The Morgan fingerprint density at radius 1 is 1.03 bits per heavy atom. The van der Waals surface area contributed by atoms with Gasteiger partial charge in [-0.05, 0) is 41.7 Å². The fraction of sp³-hybridized carbons (Fsp3) is 0.577. The quantitative estimate of drug-likeness (QED) is 0.195. The molecular weight excluding hydrogens is 390 g/mol. The van der Waals surface area contributed by atoms with Gasteiger partial charge >= 0.3 is 5.97 Å². The van der Waals surface area contributed by atoms with Crippen LogP contribution < -0.4 is 5.32 Å². The van der Waals surface area contributed by atoms with Gasteiger partial charge in [0, 0.05) is 12.1 Å². The molecule has 31 heavy (non-hydrogen) atoms. The molecule has 1 aliphatic rings. The Labute approximate surface area is 186 Å². The van der Waals surface area contributed by atoms with E-state index in [1.54, 1.807) is 24.3 Å². The molecule has 1 aromatic carbocycles. The number of hydrogen-bond acceptors (Lipinski definition) is 5. The molecule has 1 atom stereocenters. The topological polar surface area (TPSA) is 72.5 Å². The van der Waals surface area contributed by atoms with Crippen LogP contribution in [-0.4, -0.2) is 30.2 Å². The number of Topliss-reactive ketones (excluding diaryl/α,β-unsaturated/α-hetero) is 2. The largest absolute Gasteiger partial charge is 0.462 e. The zero-order chi connectivity index (χ0) is 22.9. The van der Waals surface area contributed by atoms with Crippen molar-refractivity contribution in [3.63, 3.8) is 0 Å². The molecule has 5 heteroatoms. The molecule has 1 aromatic rings. The van der Waals surface area contributed by atoms with Crippen molar-refractivity contribution in [1.82, 2.24) is 0 Å². The summed E-state index contributed by atoms with van der Waals surface area (Å²) in [7, 11) is 0. The SMILES string of the molecule is C=C1C(=O)C(Nc2ccc(C(=O)OCCCCCCCCCC)cc2)C(=O)CC1(C)C. The highest BCUT2D eigenvalue weighted by molar-refractivity contribution is 6.18. The Bertz CT molecular complexity index is 779. The van der Waals surface area contributed by atoms with Crippen LogP contribution in [0.3, 0.4) is 0 Å². The first-order chi connectivity index (χ1) is 14.8. The Morgan fingerprint density at radius 2 is 1.61 bits per heavy atom. The van der Waals surface area contributed by atoms with Crippen LogP contribution in [0.15, 0.2) is 36.4 Å². The van der Waals surface area contributed by atoms with E-state index in [-0.39, 0.29) is 24.0 Å². The van der Waals surface area contributed by atoms with Gasteiger partial charge in [0.05, 0.1) is 12.2 Å². The van der Waals surface area contributed by atoms with Crippen LogP contribution in [0, 0.1) is 5.41 Å². The Hall–Kier alpha value is -2.43.